The van der Waals surface area contributed by atoms with Crippen LogP contribution in [0.15, 0.2) is 34.8 Å². The fourth-order valence-electron chi connectivity index (χ4n) is 3.35. The SMILES string of the molecule is COc1ccc(Br)c(CNCCCN2CCOCC2)c1OCc1c(Cl)cccc1Cl. The number of morpholine rings is 1. The van der Waals surface area contributed by atoms with Gasteiger partial charge in [0.2, 0.25) is 0 Å². The molecule has 2 aromatic rings. The molecule has 0 radical (unpaired) electrons. The van der Waals surface area contributed by atoms with Crippen LogP contribution < -0.4 is 14.8 Å². The Labute approximate surface area is 196 Å². The molecule has 0 aromatic heterocycles. The van der Waals surface area contributed by atoms with Crippen LogP contribution in [0.25, 0.3) is 0 Å². The van der Waals surface area contributed by atoms with Gasteiger partial charge in [0.15, 0.2) is 11.5 Å². The molecule has 5 nitrogen and oxygen atoms in total. The Kier molecular flexibility index (Phi) is 9.56. The molecule has 2 aromatic carbocycles. The summed E-state index contributed by atoms with van der Waals surface area (Å²) in [5, 5.41) is 4.68. The van der Waals surface area contributed by atoms with Crippen LogP contribution in [0.1, 0.15) is 17.5 Å². The van der Waals surface area contributed by atoms with Crippen molar-refractivity contribution in [2.45, 2.75) is 19.6 Å². The second kappa shape index (κ2) is 12.1. The molecule has 164 valence electrons. The van der Waals surface area contributed by atoms with Crippen LogP contribution in [0.3, 0.4) is 0 Å². The van der Waals surface area contributed by atoms with E-state index in [1.807, 2.05) is 18.2 Å². The van der Waals surface area contributed by atoms with E-state index in [9.17, 15) is 0 Å². The van der Waals surface area contributed by atoms with E-state index in [-0.39, 0.29) is 6.61 Å². The summed E-state index contributed by atoms with van der Waals surface area (Å²) in [5.74, 6) is 1.36. The van der Waals surface area contributed by atoms with Crippen LogP contribution in [-0.4, -0.2) is 51.4 Å². The van der Waals surface area contributed by atoms with E-state index in [2.05, 4.69) is 26.1 Å². The molecule has 0 spiro atoms. The minimum Gasteiger partial charge on any atom is -0.493 e. The Morgan fingerprint density at radius 3 is 2.53 bits per heavy atom. The van der Waals surface area contributed by atoms with Crippen molar-refractivity contribution in [3.05, 3.63) is 56.0 Å². The third kappa shape index (κ3) is 6.49. The summed E-state index contributed by atoms with van der Waals surface area (Å²) in [4.78, 5) is 2.44. The maximum absolute atomic E-state index is 6.29. The van der Waals surface area contributed by atoms with Crippen molar-refractivity contribution in [3.63, 3.8) is 0 Å². The van der Waals surface area contributed by atoms with Crippen LogP contribution in [0.5, 0.6) is 11.5 Å². The van der Waals surface area contributed by atoms with Gasteiger partial charge in [0, 0.05) is 45.3 Å². The quantitative estimate of drug-likeness (QED) is 0.441. The van der Waals surface area contributed by atoms with Crippen molar-refractivity contribution in [1.29, 1.82) is 0 Å². The molecule has 8 heteroatoms. The normalized spacial score (nSPS) is 14.7. The standard InChI is InChI=1S/C22H27BrCl2N2O3/c1-28-21-7-6-18(23)16(14-26-8-3-9-27-10-12-29-13-11-27)22(21)30-15-17-19(24)4-2-5-20(17)25/h2,4-7,26H,3,8-15H2,1H3. The molecular formula is C22H27BrCl2N2O3. The van der Waals surface area contributed by atoms with E-state index in [1.54, 1.807) is 19.2 Å². The summed E-state index contributed by atoms with van der Waals surface area (Å²) >= 11 is 16.2. The number of halogens is 3. The Balaban J connectivity index is 1.61. The number of benzene rings is 2. The van der Waals surface area contributed by atoms with E-state index in [0.29, 0.717) is 28.1 Å². The molecule has 0 unspecified atom stereocenters. The minimum atomic E-state index is 0.259. The number of hydrogen-bond acceptors (Lipinski definition) is 5. The van der Waals surface area contributed by atoms with Crippen LogP contribution >= 0.6 is 39.1 Å². The third-order valence-corrected chi connectivity index (χ3v) is 6.49. The fourth-order valence-corrected chi connectivity index (χ4v) is 4.31. The van der Waals surface area contributed by atoms with E-state index in [1.165, 1.54) is 0 Å². The van der Waals surface area contributed by atoms with Gasteiger partial charge in [-0.3, -0.25) is 4.90 Å². The first-order valence-electron chi connectivity index (χ1n) is 10.0. The van der Waals surface area contributed by atoms with E-state index < -0.39 is 0 Å². The van der Waals surface area contributed by atoms with Gasteiger partial charge < -0.3 is 19.5 Å². The average Bonchev–Trinajstić information content (AvgIpc) is 2.75. The number of hydrogen-bond donors (Lipinski definition) is 1. The summed E-state index contributed by atoms with van der Waals surface area (Å²) in [6, 6.07) is 9.29. The number of nitrogens with one attached hydrogen (secondary N) is 1. The summed E-state index contributed by atoms with van der Waals surface area (Å²) in [6.45, 7) is 6.61. The summed E-state index contributed by atoms with van der Waals surface area (Å²) in [6.07, 6.45) is 1.08. The van der Waals surface area contributed by atoms with Gasteiger partial charge in [0.1, 0.15) is 6.61 Å². The monoisotopic (exact) mass is 516 g/mol. The lowest BCUT2D eigenvalue weighted by Crippen LogP contribution is -2.37. The van der Waals surface area contributed by atoms with Gasteiger partial charge in [0.25, 0.3) is 0 Å². The highest BCUT2D eigenvalue weighted by molar-refractivity contribution is 9.10. The Bertz CT molecular complexity index is 812. The summed E-state index contributed by atoms with van der Waals surface area (Å²) in [5.41, 5.74) is 1.76. The zero-order valence-corrected chi connectivity index (χ0v) is 20.2. The molecule has 0 bridgehead atoms. The lowest BCUT2D eigenvalue weighted by atomic mass is 10.1. The third-order valence-electron chi connectivity index (χ3n) is 5.04. The topological polar surface area (TPSA) is 43.0 Å². The van der Waals surface area contributed by atoms with E-state index in [4.69, 9.17) is 37.4 Å². The van der Waals surface area contributed by atoms with Gasteiger partial charge in [-0.25, -0.2) is 0 Å². The van der Waals surface area contributed by atoms with Crippen molar-refractivity contribution in [1.82, 2.24) is 10.2 Å². The largest absolute Gasteiger partial charge is 0.493 e. The zero-order valence-electron chi connectivity index (χ0n) is 17.1. The molecule has 1 fully saturated rings. The molecule has 3 rings (SSSR count). The molecule has 0 aliphatic carbocycles. The highest BCUT2D eigenvalue weighted by Gasteiger charge is 2.16. The van der Waals surface area contributed by atoms with Crippen LogP contribution in [-0.2, 0) is 17.9 Å². The van der Waals surface area contributed by atoms with E-state index in [0.717, 1.165) is 61.4 Å². The predicted molar refractivity (Wildman–Crippen MR) is 125 cm³/mol. The minimum absolute atomic E-state index is 0.259. The molecule has 0 atom stereocenters. The first-order chi connectivity index (χ1) is 14.6. The number of rotatable bonds is 10. The second-order valence-corrected chi connectivity index (χ2v) is 8.70. The highest BCUT2D eigenvalue weighted by Crippen LogP contribution is 2.37. The molecule has 1 aliphatic heterocycles. The summed E-state index contributed by atoms with van der Waals surface area (Å²) in [7, 11) is 1.64. The Hall–Kier alpha value is -1.02. The molecule has 0 saturated carbocycles. The number of methoxy groups -OCH3 is 1. The predicted octanol–water partition coefficient (Wildman–Crippen LogP) is 5.16. The zero-order chi connectivity index (χ0) is 21.3. The summed E-state index contributed by atoms with van der Waals surface area (Å²) < 4.78 is 18.1. The maximum Gasteiger partial charge on any atom is 0.167 e. The van der Waals surface area contributed by atoms with Crippen molar-refractivity contribution < 1.29 is 14.2 Å². The van der Waals surface area contributed by atoms with Crippen LogP contribution in [0.2, 0.25) is 10.0 Å². The molecule has 0 amide bonds. The smallest absolute Gasteiger partial charge is 0.167 e. The average molecular weight is 518 g/mol. The highest BCUT2D eigenvalue weighted by atomic mass is 79.9. The van der Waals surface area contributed by atoms with Crippen molar-refractivity contribution >= 4 is 39.1 Å². The molecule has 30 heavy (non-hydrogen) atoms. The molecule has 1 aliphatic rings. The molecule has 1 saturated heterocycles. The number of ether oxygens (including phenoxy) is 3. The molecular weight excluding hydrogens is 491 g/mol. The molecule has 1 heterocycles. The van der Waals surface area contributed by atoms with Crippen LogP contribution in [0, 0.1) is 0 Å². The van der Waals surface area contributed by atoms with Gasteiger partial charge in [-0.1, -0.05) is 45.2 Å². The van der Waals surface area contributed by atoms with Gasteiger partial charge in [-0.05, 0) is 43.8 Å². The van der Waals surface area contributed by atoms with Crippen molar-refractivity contribution in [2.75, 3.05) is 46.5 Å². The lowest BCUT2D eigenvalue weighted by Gasteiger charge is -2.26. The van der Waals surface area contributed by atoms with Gasteiger partial charge in [-0.15, -0.1) is 0 Å². The van der Waals surface area contributed by atoms with Crippen LogP contribution in [0.4, 0.5) is 0 Å². The van der Waals surface area contributed by atoms with Crippen molar-refractivity contribution in [3.8, 4) is 11.5 Å². The Morgan fingerprint density at radius 2 is 1.83 bits per heavy atom. The fraction of sp³-hybridized carbons (Fsp3) is 0.455. The van der Waals surface area contributed by atoms with Gasteiger partial charge in [0.05, 0.1) is 20.3 Å². The maximum atomic E-state index is 6.29. The second-order valence-electron chi connectivity index (χ2n) is 7.03. The lowest BCUT2D eigenvalue weighted by molar-refractivity contribution is 0.0374. The first kappa shape index (κ1) is 23.6. The van der Waals surface area contributed by atoms with Crippen molar-refractivity contribution in [2.24, 2.45) is 0 Å². The van der Waals surface area contributed by atoms with E-state index >= 15 is 0 Å². The first-order valence-corrected chi connectivity index (χ1v) is 11.6. The van der Waals surface area contributed by atoms with Gasteiger partial charge >= 0.3 is 0 Å². The molecule has 1 N–H and O–H groups in total. The number of nitrogens with zero attached hydrogens (tertiary/aromatic N) is 1. The van der Waals surface area contributed by atoms with Gasteiger partial charge in [-0.2, -0.15) is 0 Å². The Morgan fingerprint density at radius 1 is 1.10 bits per heavy atom.